The maximum Gasteiger partial charge on any atom is 0.224 e. The second kappa shape index (κ2) is 26.2. The van der Waals surface area contributed by atoms with E-state index in [0.29, 0.717) is 90.0 Å². The van der Waals surface area contributed by atoms with Crippen LogP contribution in [0.15, 0.2) is 57.5 Å². The Morgan fingerprint density at radius 2 is 1.25 bits per heavy atom. The van der Waals surface area contributed by atoms with Gasteiger partial charge in [-0.15, -0.1) is 0 Å². The zero-order valence-corrected chi connectivity index (χ0v) is 47.3. The van der Waals surface area contributed by atoms with E-state index in [1.54, 1.807) is 18.9 Å². The van der Waals surface area contributed by atoms with Crippen molar-refractivity contribution in [2.24, 2.45) is 4.99 Å². The van der Waals surface area contributed by atoms with Crippen molar-refractivity contribution in [1.82, 2.24) is 16.0 Å². The molecule has 0 radical (unpaired) electrons. The quantitative estimate of drug-likeness (QED) is 0.0589. The van der Waals surface area contributed by atoms with Gasteiger partial charge in [0.25, 0.3) is 0 Å². The van der Waals surface area contributed by atoms with Gasteiger partial charge in [-0.3, -0.25) is 29.0 Å². The number of ketones is 1. The van der Waals surface area contributed by atoms with Gasteiger partial charge in [0.2, 0.25) is 29.4 Å². The third-order valence-corrected chi connectivity index (χ3v) is 17.3. The zero-order valence-electron chi connectivity index (χ0n) is 46.5. The standard InChI is InChI=1S/C60H90N6O6S/c1-38(2)61-49-36-47(64-53(69)32-24-14-12-22-30-51(67)62-41-26-18-16-19-27-41)43(34-45(49)60(8,9)73-11)55-57(71)56(58(55)72-10)44-35-46-50(66(39(3)4)40(5)59(46,6)7)37-48(44)65-54(70)33-25-15-13-23-31-52(68)63-42-28-20-17-21-29-42/h34-42H,12-33H2,1-11H3,(H,62,67)(H,63,68)(H,64,69)(H,65,70)/b55-43-,61-49+. The average molecular weight is 1020 g/mol. The molecule has 1 atom stereocenters. The normalized spacial score (nSPS) is 21.0. The summed E-state index contributed by atoms with van der Waals surface area (Å²) in [6.07, 6.45) is 25.5. The number of carbonyl (C=O) groups is 5. The number of amides is 4. The van der Waals surface area contributed by atoms with Crippen molar-refractivity contribution in [3.63, 3.8) is 0 Å². The summed E-state index contributed by atoms with van der Waals surface area (Å²) in [5.74, 6) is 0.144. The molecule has 4 N–H and O–H groups in total. The van der Waals surface area contributed by atoms with Crippen LogP contribution in [0.3, 0.4) is 0 Å². The van der Waals surface area contributed by atoms with Crippen LogP contribution in [0.1, 0.15) is 215 Å². The molecule has 4 amide bonds. The molecule has 0 spiro atoms. The lowest BCUT2D eigenvalue weighted by atomic mass is 9.75. The van der Waals surface area contributed by atoms with Crippen molar-refractivity contribution in [2.75, 3.05) is 23.6 Å². The van der Waals surface area contributed by atoms with Crippen LogP contribution in [0.5, 0.6) is 0 Å². The first kappa shape index (κ1) is 57.6. The molecule has 0 aromatic heterocycles. The zero-order chi connectivity index (χ0) is 53.0. The van der Waals surface area contributed by atoms with Crippen molar-refractivity contribution in [2.45, 2.75) is 244 Å². The number of nitrogens with one attached hydrogen (secondary N) is 4. The highest BCUT2D eigenvalue weighted by atomic mass is 32.2. The fourth-order valence-electron chi connectivity index (χ4n) is 11.5. The van der Waals surface area contributed by atoms with Crippen LogP contribution in [-0.4, -0.2) is 83.4 Å². The lowest BCUT2D eigenvalue weighted by Crippen LogP contribution is -2.42. The lowest BCUT2D eigenvalue weighted by Gasteiger charge is -2.34. The van der Waals surface area contributed by atoms with Crippen molar-refractivity contribution >= 4 is 63.8 Å². The van der Waals surface area contributed by atoms with Gasteiger partial charge in [-0.25, -0.2) is 0 Å². The molecule has 402 valence electrons. The molecular formula is C60H90N6O6S. The predicted octanol–water partition coefficient (Wildman–Crippen LogP) is 12.3. The first-order chi connectivity index (χ1) is 34.8. The van der Waals surface area contributed by atoms with E-state index in [2.05, 4.69) is 87.0 Å². The second-order valence-corrected chi connectivity index (χ2v) is 24.4. The summed E-state index contributed by atoms with van der Waals surface area (Å²) >= 11 is 1.69. The fourth-order valence-corrected chi connectivity index (χ4v) is 11.8. The number of nitrogens with zero attached hydrogens (tertiary/aromatic N) is 2. The fraction of sp³-hybridized carbons (Fsp3) is 0.667. The highest BCUT2D eigenvalue weighted by Gasteiger charge is 2.46. The Labute approximate surface area is 442 Å². The number of hydrogen-bond acceptors (Lipinski definition) is 9. The van der Waals surface area contributed by atoms with Crippen LogP contribution in [0.2, 0.25) is 0 Å². The molecule has 0 bridgehead atoms. The summed E-state index contributed by atoms with van der Waals surface area (Å²) < 4.78 is 5.84. The smallest absolute Gasteiger partial charge is 0.224 e. The third kappa shape index (κ3) is 14.6. The Hall–Kier alpha value is -4.65. The number of fused-ring (bicyclic) bond motifs is 1. The molecule has 1 aromatic rings. The third-order valence-electron chi connectivity index (χ3n) is 16.1. The number of allylic oxidation sites excluding steroid dienone is 4. The Balaban J connectivity index is 1.25. The summed E-state index contributed by atoms with van der Waals surface area (Å²) in [6.45, 7) is 19.4. The first-order valence-electron chi connectivity index (χ1n) is 28.1. The van der Waals surface area contributed by atoms with Crippen LogP contribution in [0.25, 0.3) is 5.57 Å². The molecule has 2 fully saturated rings. The SMILES string of the molecule is COC1=C(c2cc3c(cc2NC(=O)CCCCCCC(=O)NC2CCCCC2)N(C(C)C)C(C)C3(C)C)C(=O)/C1=C1C=C(C(C)(C)SC)/C(=N/C(C)C)C=C\1NC(=O)CCCCCCC(=O)NC1CCCCC1. The maximum atomic E-state index is 15.2. The summed E-state index contributed by atoms with van der Waals surface area (Å²) in [5, 5.41) is 12.9. The first-order valence-corrected chi connectivity index (χ1v) is 29.3. The van der Waals surface area contributed by atoms with Crippen LogP contribution >= 0.6 is 11.8 Å². The van der Waals surface area contributed by atoms with Crippen LogP contribution in [-0.2, 0) is 34.1 Å². The molecule has 73 heavy (non-hydrogen) atoms. The molecule has 0 saturated heterocycles. The number of methoxy groups -OCH3 is 1. The molecule has 2 saturated carbocycles. The molecule has 4 aliphatic carbocycles. The Kier molecular flexibility index (Phi) is 20.7. The molecular weight excluding hydrogens is 933 g/mol. The molecule has 13 heteroatoms. The van der Waals surface area contributed by atoms with E-state index in [1.807, 2.05) is 32.1 Å². The van der Waals surface area contributed by atoms with Crippen molar-refractivity contribution in [1.29, 1.82) is 0 Å². The number of hydrogen-bond donors (Lipinski definition) is 4. The number of benzene rings is 1. The van der Waals surface area contributed by atoms with Gasteiger partial charge in [0.1, 0.15) is 5.76 Å². The molecule has 1 aromatic carbocycles. The minimum Gasteiger partial charge on any atom is -0.495 e. The van der Waals surface area contributed by atoms with E-state index in [1.165, 1.54) is 38.5 Å². The number of aliphatic imine (C=N–C) groups is 1. The highest BCUT2D eigenvalue weighted by molar-refractivity contribution is 8.00. The Morgan fingerprint density at radius 3 is 1.73 bits per heavy atom. The van der Waals surface area contributed by atoms with Crippen molar-refractivity contribution in [3.05, 3.63) is 63.6 Å². The minimum atomic E-state index is -0.392. The molecule has 1 aliphatic heterocycles. The van der Waals surface area contributed by atoms with E-state index in [4.69, 9.17) is 9.73 Å². The Morgan fingerprint density at radius 1 is 0.740 bits per heavy atom. The van der Waals surface area contributed by atoms with Gasteiger partial charge in [0, 0.05) is 82.9 Å². The van der Waals surface area contributed by atoms with Gasteiger partial charge in [-0.2, -0.15) is 11.8 Å². The number of ether oxygens (including phenoxy) is 1. The summed E-state index contributed by atoms with van der Waals surface area (Å²) in [4.78, 5) is 75.6. The van der Waals surface area contributed by atoms with E-state index in [9.17, 15) is 19.2 Å². The maximum absolute atomic E-state index is 15.2. The number of rotatable bonds is 24. The van der Waals surface area contributed by atoms with Gasteiger partial charge >= 0.3 is 0 Å². The predicted molar refractivity (Wildman–Crippen MR) is 301 cm³/mol. The summed E-state index contributed by atoms with van der Waals surface area (Å²) in [7, 11) is 1.58. The van der Waals surface area contributed by atoms with E-state index >= 15 is 4.79 Å². The van der Waals surface area contributed by atoms with Crippen molar-refractivity contribution in [3.8, 4) is 0 Å². The average Bonchev–Trinajstić information content (AvgIpc) is 3.53. The number of Topliss-reactive ketones (excluding diaryl/α,β-unsaturated/α-hetero) is 1. The molecule has 1 heterocycles. The van der Waals surface area contributed by atoms with Crippen LogP contribution in [0, 0.1) is 0 Å². The minimum absolute atomic E-state index is 0.0227. The number of thioether (sulfide) groups is 1. The molecule has 1 unspecified atom stereocenters. The van der Waals surface area contributed by atoms with Gasteiger partial charge < -0.3 is 30.9 Å². The van der Waals surface area contributed by atoms with Gasteiger partial charge in [0.15, 0.2) is 0 Å². The molecule has 6 rings (SSSR count). The molecule has 5 aliphatic rings. The van der Waals surface area contributed by atoms with Gasteiger partial charge in [-0.1, -0.05) is 78.1 Å². The molecule has 12 nitrogen and oxygen atoms in total. The summed E-state index contributed by atoms with van der Waals surface area (Å²) in [6, 6.07) is 5.08. The lowest BCUT2D eigenvalue weighted by molar-refractivity contribution is -0.123. The van der Waals surface area contributed by atoms with Crippen LogP contribution < -0.4 is 26.2 Å². The van der Waals surface area contributed by atoms with Gasteiger partial charge in [-0.05, 0) is 142 Å². The monoisotopic (exact) mass is 1020 g/mol. The highest BCUT2D eigenvalue weighted by Crippen LogP contribution is 2.52. The van der Waals surface area contributed by atoms with E-state index in [-0.39, 0.29) is 53.0 Å². The largest absolute Gasteiger partial charge is 0.495 e. The van der Waals surface area contributed by atoms with E-state index < -0.39 is 4.75 Å². The number of carbonyl (C=O) groups excluding carboxylic acids is 5. The second-order valence-electron chi connectivity index (χ2n) is 23.0. The topological polar surface area (TPSA) is 158 Å². The number of anilines is 2. The van der Waals surface area contributed by atoms with Crippen LogP contribution in [0.4, 0.5) is 11.4 Å². The van der Waals surface area contributed by atoms with Gasteiger partial charge in [0.05, 0.1) is 35.4 Å². The summed E-state index contributed by atoms with van der Waals surface area (Å²) in [5.41, 5.74) is 6.55. The number of unbranched alkanes of at least 4 members (excludes halogenated alkanes) is 6. The van der Waals surface area contributed by atoms with Crippen molar-refractivity contribution < 1.29 is 28.7 Å². The van der Waals surface area contributed by atoms with E-state index in [0.717, 1.165) is 86.7 Å². The Bertz CT molecular complexity index is 2340.